The Morgan fingerprint density at radius 1 is 0.846 bits per heavy atom. The van der Waals surface area contributed by atoms with Crippen molar-refractivity contribution in [3.63, 3.8) is 0 Å². The van der Waals surface area contributed by atoms with Crippen LogP contribution in [-0.2, 0) is 0 Å². The van der Waals surface area contributed by atoms with Crippen LogP contribution in [0.15, 0.2) is 12.1 Å². The SMILES string of the molecule is CC.CC(C)c1ccc(C(C)C)s1. The summed E-state index contributed by atoms with van der Waals surface area (Å²) in [5.74, 6) is 1.37. The van der Waals surface area contributed by atoms with Gasteiger partial charge in [0.1, 0.15) is 0 Å². The molecular weight excluding hydrogens is 176 g/mol. The molecule has 0 saturated carbocycles. The Hall–Kier alpha value is -0.300. The molecule has 0 N–H and O–H groups in total. The van der Waals surface area contributed by atoms with Gasteiger partial charge in [-0.2, -0.15) is 0 Å². The third-order valence-electron chi connectivity index (χ3n) is 1.79. The van der Waals surface area contributed by atoms with Crippen LogP contribution in [0.25, 0.3) is 0 Å². The Morgan fingerprint density at radius 2 is 1.15 bits per heavy atom. The first-order valence-electron chi connectivity index (χ1n) is 5.21. The molecule has 0 aliphatic carbocycles. The monoisotopic (exact) mass is 198 g/mol. The zero-order valence-corrected chi connectivity index (χ0v) is 10.5. The Balaban J connectivity index is 0.000000671. The van der Waals surface area contributed by atoms with Crippen LogP contribution in [0.3, 0.4) is 0 Å². The summed E-state index contributed by atoms with van der Waals surface area (Å²) in [4.78, 5) is 3.02. The average Bonchev–Trinajstić information content (AvgIpc) is 2.56. The smallest absolute Gasteiger partial charge is 0.00737 e. The van der Waals surface area contributed by atoms with Gasteiger partial charge in [0, 0.05) is 9.75 Å². The topological polar surface area (TPSA) is 0 Å². The maximum Gasteiger partial charge on any atom is 0.00737 e. The van der Waals surface area contributed by atoms with Gasteiger partial charge in [-0.3, -0.25) is 0 Å². The highest BCUT2D eigenvalue weighted by atomic mass is 32.1. The van der Waals surface area contributed by atoms with Gasteiger partial charge in [0.25, 0.3) is 0 Å². The first kappa shape index (κ1) is 12.7. The van der Waals surface area contributed by atoms with Crippen molar-refractivity contribution in [1.29, 1.82) is 0 Å². The fraction of sp³-hybridized carbons (Fsp3) is 0.667. The average molecular weight is 198 g/mol. The van der Waals surface area contributed by atoms with E-state index in [0.29, 0.717) is 11.8 Å². The molecule has 1 aromatic rings. The van der Waals surface area contributed by atoms with E-state index in [4.69, 9.17) is 0 Å². The van der Waals surface area contributed by atoms with Gasteiger partial charge in [-0.15, -0.1) is 11.3 Å². The lowest BCUT2D eigenvalue weighted by Gasteiger charge is -2.00. The molecule has 13 heavy (non-hydrogen) atoms. The van der Waals surface area contributed by atoms with Gasteiger partial charge in [-0.25, -0.2) is 0 Å². The van der Waals surface area contributed by atoms with Crippen LogP contribution in [0.5, 0.6) is 0 Å². The molecule has 1 heterocycles. The van der Waals surface area contributed by atoms with Gasteiger partial charge >= 0.3 is 0 Å². The Morgan fingerprint density at radius 3 is 1.31 bits per heavy atom. The fourth-order valence-corrected chi connectivity index (χ4v) is 2.00. The van der Waals surface area contributed by atoms with Gasteiger partial charge in [0.2, 0.25) is 0 Å². The van der Waals surface area contributed by atoms with E-state index in [2.05, 4.69) is 39.8 Å². The van der Waals surface area contributed by atoms with Crippen LogP contribution in [0, 0.1) is 0 Å². The molecule has 0 aromatic carbocycles. The van der Waals surface area contributed by atoms with Gasteiger partial charge in [-0.05, 0) is 24.0 Å². The third-order valence-corrected chi connectivity index (χ3v) is 3.47. The number of hydrogen-bond acceptors (Lipinski definition) is 1. The first-order chi connectivity index (χ1) is 6.11. The molecule has 0 saturated heterocycles. The van der Waals surface area contributed by atoms with Gasteiger partial charge in [-0.1, -0.05) is 41.5 Å². The van der Waals surface area contributed by atoms with E-state index in [0.717, 1.165) is 0 Å². The van der Waals surface area contributed by atoms with Crippen LogP contribution in [0.4, 0.5) is 0 Å². The van der Waals surface area contributed by atoms with E-state index in [1.54, 1.807) is 0 Å². The lowest BCUT2D eigenvalue weighted by atomic mass is 10.1. The van der Waals surface area contributed by atoms with Crippen molar-refractivity contribution in [2.45, 2.75) is 53.4 Å². The standard InChI is InChI=1S/C10H16S.C2H6/c1-7(2)9-5-6-10(11-9)8(3)4;1-2/h5-8H,1-4H3;1-2H3. The predicted molar refractivity (Wildman–Crippen MR) is 63.8 cm³/mol. The van der Waals surface area contributed by atoms with Crippen LogP contribution in [0.2, 0.25) is 0 Å². The molecule has 0 fully saturated rings. The van der Waals surface area contributed by atoms with Crippen LogP contribution >= 0.6 is 11.3 Å². The molecule has 1 rings (SSSR count). The highest BCUT2D eigenvalue weighted by Gasteiger charge is 2.05. The number of hydrogen-bond donors (Lipinski definition) is 0. The molecule has 0 aliphatic rings. The normalized spacial score (nSPS) is 10.2. The maximum atomic E-state index is 2.25. The Bertz CT molecular complexity index is 198. The lowest BCUT2D eigenvalue weighted by molar-refractivity contribution is 0.888. The highest BCUT2D eigenvalue weighted by Crippen LogP contribution is 2.28. The minimum Gasteiger partial charge on any atom is -0.145 e. The molecule has 0 spiro atoms. The van der Waals surface area contributed by atoms with Crippen LogP contribution in [0.1, 0.15) is 63.1 Å². The molecule has 0 radical (unpaired) electrons. The van der Waals surface area contributed by atoms with Crippen molar-refractivity contribution in [2.75, 3.05) is 0 Å². The minimum atomic E-state index is 0.687. The van der Waals surface area contributed by atoms with E-state index in [-0.39, 0.29) is 0 Å². The highest BCUT2D eigenvalue weighted by molar-refractivity contribution is 7.12. The Kier molecular flexibility index (Phi) is 6.06. The zero-order valence-electron chi connectivity index (χ0n) is 9.72. The lowest BCUT2D eigenvalue weighted by Crippen LogP contribution is -1.79. The molecule has 0 bridgehead atoms. The summed E-state index contributed by atoms with van der Waals surface area (Å²) in [7, 11) is 0. The van der Waals surface area contributed by atoms with Crippen molar-refractivity contribution in [3.05, 3.63) is 21.9 Å². The third kappa shape index (κ3) is 3.95. The molecular formula is C12H22S. The summed E-state index contributed by atoms with van der Waals surface area (Å²) < 4.78 is 0. The summed E-state index contributed by atoms with van der Waals surface area (Å²) in [6.07, 6.45) is 0. The van der Waals surface area contributed by atoms with Gasteiger partial charge in [0.15, 0.2) is 0 Å². The summed E-state index contributed by atoms with van der Waals surface area (Å²) >= 11 is 1.95. The molecule has 0 nitrogen and oxygen atoms in total. The minimum absolute atomic E-state index is 0.687. The molecule has 1 heteroatoms. The Labute approximate surface area is 87.0 Å². The molecule has 1 aromatic heterocycles. The summed E-state index contributed by atoms with van der Waals surface area (Å²) in [6, 6.07) is 4.51. The predicted octanol–water partition coefficient (Wildman–Crippen LogP) is 5.02. The van der Waals surface area contributed by atoms with Crippen LogP contribution < -0.4 is 0 Å². The molecule has 0 aliphatic heterocycles. The second kappa shape index (κ2) is 6.20. The quantitative estimate of drug-likeness (QED) is 0.626. The zero-order chi connectivity index (χ0) is 10.4. The van der Waals surface area contributed by atoms with Crippen molar-refractivity contribution in [2.24, 2.45) is 0 Å². The van der Waals surface area contributed by atoms with Crippen LogP contribution in [-0.4, -0.2) is 0 Å². The first-order valence-corrected chi connectivity index (χ1v) is 6.02. The molecule has 76 valence electrons. The van der Waals surface area contributed by atoms with Gasteiger partial charge < -0.3 is 0 Å². The van der Waals surface area contributed by atoms with E-state index in [9.17, 15) is 0 Å². The fourth-order valence-electron chi connectivity index (χ4n) is 0.989. The van der Waals surface area contributed by atoms with Crippen molar-refractivity contribution < 1.29 is 0 Å². The van der Waals surface area contributed by atoms with Gasteiger partial charge in [0.05, 0.1) is 0 Å². The second-order valence-electron chi connectivity index (χ2n) is 3.55. The largest absolute Gasteiger partial charge is 0.145 e. The van der Waals surface area contributed by atoms with Crippen molar-refractivity contribution in [3.8, 4) is 0 Å². The summed E-state index contributed by atoms with van der Waals surface area (Å²) in [5.41, 5.74) is 0. The van der Waals surface area contributed by atoms with Crippen molar-refractivity contribution >= 4 is 11.3 Å². The summed E-state index contributed by atoms with van der Waals surface area (Å²) in [6.45, 7) is 13.0. The number of rotatable bonds is 2. The molecule has 0 atom stereocenters. The molecule has 0 unspecified atom stereocenters. The van der Waals surface area contributed by atoms with E-state index >= 15 is 0 Å². The molecule has 0 amide bonds. The number of thiophene rings is 1. The van der Waals surface area contributed by atoms with E-state index < -0.39 is 0 Å². The maximum absolute atomic E-state index is 2.25. The van der Waals surface area contributed by atoms with Crippen molar-refractivity contribution in [1.82, 2.24) is 0 Å². The van der Waals surface area contributed by atoms with E-state index in [1.807, 2.05) is 25.2 Å². The summed E-state index contributed by atoms with van der Waals surface area (Å²) in [5, 5.41) is 0. The second-order valence-corrected chi connectivity index (χ2v) is 4.70. The van der Waals surface area contributed by atoms with E-state index in [1.165, 1.54) is 9.75 Å².